The first kappa shape index (κ1) is 8.97. The number of rotatable bonds is 0. The number of nitrogen functional groups attached to an aromatic ring is 2. The van der Waals surface area contributed by atoms with Gasteiger partial charge in [-0.2, -0.15) is 0 Å². The summed E-state index contributed by atoms with van der Waals surface area (Å²) in [6.45, 7) is 0. The number of hydrogen-bond acceptors (Lipinski definition) is 2. The molecule has 3 nitrogen and oxygen atoms in total. The van der Waals surface area contributed by atoms with Crippen molar-refractivity contribution in [2.24, 2.45) is 0 Å². The molecule has 3 rings (SSSR count). The maximum Gasteiger partial charge on any atom is 0.244 e. The van der Waals surface area contributed by atoms with Crippen LogP contribution in [0.5, 0.6) is 0 Å². The molecule has 0 aliphatic rings. The molecule has 1 heterocycles. The van der Waals surface area contributed by atoms with E-state index in [1.165, 1.54) is 0 Å². The van der Waals surface area contributed by atoms with Gasteiger partial charge in [-0.05, 0) is 12.1 Å². The number of fused-ring (bicyclic) bond motifs is 3. The fourth-order valence-electron chi connectivity index (χ4n) is 2.12. The molecule has 0 aliphatic heterocycles. The molecule has 3 heteroatoms. The van der Waals surface area contributed by atoms with Crippen molar-refractivity contribution in [1.29, 1.82) is 0 Å². The molecule has 0 radical (unpaired) electrons. The fourth-order valence-corrected chi connectivity index (χ4v) is 2.12. The van der Waals surface area contributed by atoms with Crippen LogP contribution in [-0.2, 0) is 0 Å². The topological polar surface area (TPSA) is 55.9 Å². The molecule has 0 aliphatic carbocycles. The van der Waals surface area contributed by atoms with Crippen LogP contribution in [0.3, 0.4) is 0 Å². The van der Waals surface area contributed by atoms with Gasteiger partial charge in [0, 0.05) is 22.5 Å². The molecule has 0 unspecified atom stereocenters. The number of hydrogen-bond donors (Lipinski definition) is 2. The highest BCUT2D eigenvalue weighted by molar-refractivity contribution is 6.09. The summed E-state index contributed by atoms with van der Waals surface area (Å²) in [7, 11) is 0. The molecule has 0 atom stereocenters. The van der Waals surface area contributed by atoms with Crippen LogP contribution in [0, 0.1) is 0 Å². The Morgan fingerprint density at radius 3 is 2.62 bits per heavy atom. The molecule has 0 saturated heterocycles. The van der Waals surface area contributed by atoms with E-state index in [1.807, 2.05) is 42.6 Å². The van der Waals surface area contributed by atoms with Crippen LogP contribution in [0.25, 0.3) is 21.7 Å². The quantitative estimate of drug-likeness (QED) is 0.256. The molecule has 0 saturated carbocycles. The highest BCUT2D eigenvalue weighted by Crippen LogP contribution is 2.26. The number of aromatic nitrogens is 1. The van der Waals surface area contributed by atoms with Gasteiger partial charge >= 0.3 is 0 Å². The highest BCUT2D eigenvalue weighted by Gasteiger charge is 2.12. The average Bonchev–Trinajstić information content (AvgIpc) is 2.30. The average molecular weight is 210 g/mol. The van der Waals surface area contributed by atoms with Gasteiger partial charge in [0.2, 0.25) is 11.7 Å². The summed E-state index contributed by atoms with van der Waals surface area (Å²) in [5.74, 6) is 5.95. The molecule has 78 valence electrons. The predicted molar refractivity (Wildman–Crippen MR) is 66.2 cm³/mol. The van der Waals surface area contributed by atoms with E-state index in [0.717, 1.165) is 27.4 Å². The highest BCUT2D eigenvalue weighted by atomic mass is 15.3. The zero-order valence-electron chi connectivity index (χ0n) is 8.72. The lowest BCUT2D eigenvalue weighted by Crippen LogP contribution is -2.44. The Morgan fingerprint density at radius 1 is 0.938 bits per heavy atom. The second kappa shape index (κ2) is 3.10. The molecule has 2 aromatic carbocycles. The van der Waals surface area contributed by atoms with E-state index < -0.39 is 0 Å². The lowest BCUT2D eigenvalue weighted by Gasteiger charge is -2.03. The summed E-state index contributed by atoms with van der Waals surface area (Å²) in [6, 6.07) is 13.9. The van der Waals surface area contributed by atoms with Crippen molar-refractivity contribution in [3.05, 3.63) is 48.7 Å². The molecule has 3 aromatic rings. The first-order valence-electron chi connectivity index (χ1n) is 5.14. The first-order valence-corrected chi connectivity index (χ1v) is 5.14. The molecule has 0 fully saturated rings. The van der Waals surface area contributed by atoms with Crippen molar-refractivity contribution < 1.29 is 4.68 Å². The zero-order valence-corrected chi connectivity index (χ0v) is 8.72. The molecule has 16 heavy (non-hydrogen) atoms. The number of pyridine rings is 1. The minimum Gasteiger partial charge on any atom is -0.398 e. The van der Waals surface area contributed by atoms with Gasteiger partial charge < -0.3 is 5.73 Å². The molecular formula is C13H12N3+. The lowest BCUT2D eigenvalue weighted by atomic mass is 10.1. The molecule has 0 spiro atoms. The van der Waals surface area contributed by atoms with Gasteiger partial charge in [0.05, 0.1) is 5.39 Å². The lowest BCUT2D eigenvalue weighted by molar-refractivity contribution is -0.609. The van der Waals surface area contributed by atoms with Crippen molar-refractivity contribution in [2.75, 3.05) is 11.6 Å². The van der Waals surface area contributed by atoms with Crippen molar-refractivity contribution >= 4 is 27.4 Å². The first-order chi connectivity index (χ1) is 7.77. The van der Waals surface area contributed by atoms with E-state index in [9.17, 15) is 0 Å². The van der Waals surface area contributed by atoms with Crippen molar-refractivity contribution in [2.45, 2.75) is 0 Å². The van der Waals surface area contributed by atoms with Gasteiger partial charge in [0.1, 0.15) is 0 Å². The second-order valence-corrected chi connectivity index (χ2v) is 3.86. The zero-order chi connectivity index (χ0) is 11.1. The van der Waals surface area contributed by atoms with E-state index in [4.69, 9.17) is 11.6 Å². The van der Waals surface area contributed by atoms with Crippen molar-refractivity contribution in [3.8, 4) is 0 Å². The van der Waals surface area contributed by atoms with E-state index in [2.05, 4.69) is 6.07 Å². The smallest absolute Gasteiger partial charge is 0.244 e. The van der Waals surface area contributed by atoms with Gasteiger partial charge in [0.25, 0.3) is 0 Å². The van der Waals surface area contributed by atoms with E-state index in [-0.39, 0.29) is 0 Å². The van der Waals surface area contributed by atoms with Gasteiger partial charge in [-0.1, -0.05) is 28.9 Å². The molecule has 1 aromatic heterocycles. The standard InChI is InChI=1S/C13H11N3/c14-11-6-3-7-12-13(11)10-5-2-1-4-9(10)8-16(12)15/h1-8,14H,15H2/p+1. The summed E-state index contributed by atoms with van der Waals surface area (Å²) in [5.41, 5.74) is 7.72. The molecular weight excluding hydrogens is 198 g/mol. The Labute approximate surface area is 92.9 Å². The van der Waals surface area contributed by atoms with Crippen LogP contribution >= 0.6 is 0 Å². The Hall–Kier alpha value is -2.29. The third-order valence-electron chi connectivity index (χ3n) is 2.86. The summed E-state index contributed by atoms with van der Waals surface area (Å²) in [6.07, 6.45) is 1.91. The monoisotopic (exact) mass is 210 g/mol. The Kier molecular flexibility index (Phi) is 1.74. The third-order valence-corrected chi connectivity index (χ3v) is 2.86. The summed E-state index contributed by atoms with van der Waals surface area (Å²) < 4.78 is 1.62. The summed E-state index contributed by atoms with van der Waals surface area (Å²) >= 11 is 0. The van der Waals surface area contributed by atoms with Crippen molar-refractivity contribution in [1.82, 2.24) is 0 Å². The number of nitrogens with two attached hydrogens (primary N) is 2. The maximum absolute atomic E-state index is 6.02. The number of nitrogens with zero attached hydrogens (tertiary/aromatic N) is 1. The van der Waals surface area contributed by atoms with Crippen LogP contribution in [0.2, 0.25) is 0 Å². The van der Waals surface area contributed by atoms with Crippen LogP contribution in [0.1, 0.15) is 0 Å². The van der Waals surface area contributed by atoms with Gasteiger partial charge in [0.15, 0.2) is 0 Å². The summed E-state index contributed by atoms with van der Waals surface area (Å²) in [5, 5.41) is 3.25. The number of anilines is 1. The Morgan fingerprint density at radius 2 is 1.75 bits per heavy atom. The van der Waals surface area contributed by atoms with Crippen LogP contribution in [-0.4, -0.2) is 0 Å². The number of benzene rings is 2. The van der Waals surface area contributed by atoms with Crippen molar-refractivity contribution in [3.63, 3.8) is 0 Å². The minimum absolute atomic E-state index is 0.758. The third kappa shape index (κ3) is 1.11. The van der Waals surface area contributed by atoms with Gasteiger partial charge in [-0.25, -0.2) is 5.84 Å². The maximum atomic E-state index is 6.02. The Balaban J connectivity index is 2.67. The largest absolute Gasteiger partial charge is 0.398 e. The molecule has 0 amide bonds. The van der Waals surface area contributed by atoms with E-state index >= 15 is 0 Å². The van der Waals surface area contributed by atoms with Gasteiger partial charge in [-0.15, -0.1) is 0 Å². The SMILES string of the molecule is Nc1cccc2c1c1ccccc1c[n+]2N. The molecule has 4 N–H and O–H groups in total. The van der Waals surface area contributed by atoms with E-state index in [0.29, 0.717) is 0 Å². The fraction of sp³-hybridized carbons (Fsp3) is 0. The van der Waals surface area contributed by atoms with Crippen LogP contribution < -0.4 is 16.3 Å². The minimum atomic E-state index is 0.758. The predicted octanol–water partition coefficient (Wildman–Crippen LogP) is 1.58. The Bertz CT molecular complexity index is 689. The molecule has 0 bridgehead atoms. The normalized spacial score (nSPS) is 11.0. The van der Waals surface area contributed by atoms with E-state index in [1.54, 1.807) is 4.68 Å². The van der Waals surface area contributed by atoms with Crippen LogP contribution in [0.15, 0.2) is 48.7 Å². The van der Waals surface area contributed by atoms with Gasteiger partial charge in [-0.3, -0.25) is 0 Å². The van der Waals surface area contributed by atoms with Crippen LogP contribution in [0.4, 0.5) is 5.69 Å². The second-order valence-electron chi connectivity index (χ2n) is 3.86. The summed E-state index contributed by atoms with van der Waals surface area (Å²) in [4.78, 5) is 0.